The van der Waals surface area contributed by atoms with Crippen molar-refractivity contribution in [2.45, 2.75) is 25.4 Å². The van der Waals surface area contributed by atoms with Crippen LogP contribution in [0, 0.1) is 11.3 Å². The molecule has 0 amide bonds. The Kier molecular flexibility index (Phi) is 4.35. The molecule has 1 aromatic rings. The fourth-order valence-corrected chi connectivity index (χ4v) is 2.58. The van der Waals surface area contributed by atoms with Gasteiger partial charge in [-0.25, -0.2) is 0 Å². The average molecular weight is 243 g/mol. The van der Waals surface area contributed by atoms with E-state index in [9.17, 15) is 0 Å². The van der Waals surface area contributed by atoms with E-state index in [1.54, 1.807) is 0 Å². The lowest BCUT2D eigenvalue weighted by Crippen LogP contribution is -2.51. The lowest BCUT2D eigenvalue weighted by Gasteiger charge is -2.41. The quantitative estimate of drug-likeness (QED) is 0.816. The predicted octanol–water partition coefficient (Wildman–Crippen LogP) is 2.28. The highest BCUT2D eigenvalue weighted by molar-refractivity contribution is 5.20. The molecule has 3 heteroatoms. The molecule has 2 atom stereocenters. The van der Waals surface area contributed by atoms with Crippen molar-refractivity contribution < 1.29 is 0 Å². The Morgan fingerprint density at radius 2 is 2.06 bits per heavy atom. The molecule has 0 spiro atoms. The standard InChI is InChI=1S/C15H21N3/c1-13-12-18(11-10-17(13)2)15(8-9-16)14-6-4-3-5-7-14/h3-7,13,15H,8,10-12H2,1-2H3. The van der Waals surface area contributed by atoms with Gasteiger partial charge in [0, 0.05) is 31.7 Å². The molecule has 18 heavy (non-hydrogen) atoms. The number of nitriles is 1. The lowest BCUT2D eigenvalue weighted by atomic mass is 10.0. The molecule has 0 bridgehead atoms. The zero-order valence-corrected chi connectivity index (χ0v) is 11.2. The second-order valence-corrected chi connectivity index (χ2v) is 5.11. The number of hydrogen-bond donors (Lipinski definition) is 0. The number of hydrogen-bond acceptors (Lipinski definition) is 3. The molecule has 1 heterocycles. The van der Waals surface area contributed by atoms with Gasteiger partial charge < -0.3 is 4.90 Å². The van der Waals surface area contributed by atoms with E-state index in [1.807, 2.05) is 6.07 Å². The van der Waals surface area contributed by atoms with E-state index in [2.05, 4.69) is 54.1 Å². The topological polar surface area (TPSA) is 30.3 Å². The molecule has 1 saturated heterocycles. The molecule has 1 aliphatic rings. The predicted molar refractivity (Wildman–Crippen MR) is 73.1 cm³/mol. The third kappa shape index (κ3) is 2.90. The third-order valence-corrected chi connectivity index (χ3v) is 3.90. The number of likely N-dealkylation sites (N-methyl/N-ethyl adjacent to an activating group) is 1. The monoisotopic (exact) mass is 243 g/mol. The summed E-state index contributed by atoms with van der Waals surface area (Å²) in [5.41, 5.74) is 1.26. The maximum absolute atomic E-state index is 9.06. The third-order valence-electron chi connectivity index (χ3n) is 3.90. The van der Waals surface area contributed by atoms with Crippen LogP contribution in [0.1, 0.15) is 24.9 Å². The van der Waals surface area contributed by atoms with E-state index in [-0.39, 0.29) is 6.04 Å². The first-order valence-electron chi connectivity index (χ1n) is 6.58. The summed E-state index contributed by atoms with van der Waals surface area (Å²) in [4.78, 5) is 4.83. The van der Waals surface area contributed by atoms with Crippen molar-refractivity contribution in [3.8, 4) is 6.07 Å². The number of piperazine rings is 1. The minimum absolute atomic E-state index is 0.243. The van der Waals surface area contributed by atoms with E-state index in [1.165, 1.54) is 5.56 Å². The van der Waals surface area contributed by atoms with Crippen LogP contribution in [0.4, 0.5) is 0 Å². The van der Waals surface area contributed by atoms with Crippen molar-refractivity contribution in [3.05, 3.63) is 35.9 Å². The second kappa shape index (κ2) is 5.99. The number of nitrogens with zero attached hydrogens (tertiary/aromatic N) is 3. The molecule has 3 nitrogen and oxygen atoms in total. The number of benzene rings is 1. The van der Waals surface area contributed by atoms with Crippen LogP contribution in [-0.2, 0) is 0 Å². The molecule has 2 rings (SSSR count). The molecule has 0 aromatic heterocycles. The van der Waals surface area contributed by atoms with Crippen LogP contribution >= 0.6 is 0 Å². The molecule has 2 unspecified atom stereocenters. The fraction of sp³-hybridized carbons (Fsp3) is 0.533. The van der Waals surface area contributed by atoms with Crippen molar-refractivity contribution in [1.29, 1.82) is 5.26 Å². The van der Waals surface area contributed by atoms with Gasteiger partial charge in [-0.3, -0.25) is 4.90 Å². The first kappa shape index (κ1) is 13.1. The minimum atomic E-state index is 0.243. The van der Waals surface area contributed by atoms with Crippen LogP contribution in [0.25, 0.3) is 0 Å². The van der Waals surface area contributed by atoms with Crippen LogP contribution in [0.2, 0.25) is 0 Å². The van der Waals surface area contributed by atoms with Gasteiger partial charge in [-0.15, -0.1) is 0 Å². The van der Waals surface area contributed by atoms with Gasteiger partial charge in [0.15, 0.2) is 0 Å². The van der Waals surface area contributed by atoms with Gasteiger partial charge in [-0.1, -0.05) is 30.3 Å². The van der Waals surface area contributed by atoms with Gasteiger partial charge in [0.1, 0.15) is 0 Å². The largest absolute Gasteiger partial charge is 0.301 e. The molecular weight excluding hydrogens is 222 g/mol. The molecule has 1 fully saturated rings. The molecule has 96 valence electrons. The summed E-state index contributed by atoms with van der Waals surface area (Å²) >= 11 is 0. The Hall–Kier alpha value is -1.37. The summed E-state index contributed by atoms with van der Waals surface area (Å²) < 4.78 is 0. The Balaban J connectivity index is 2.14. The van der Waals surface area contributed by atoms with Crippen LogP contribution in [-0.4, -0.2) is 42.5 Å². The van der Waals surface area contributed by atoms with Crippen LogP contribution in [0.15, 0.2) is 30.3 Å². The second-order valence-electron chi connectivity index (χ2n) is 5.11. The van der Waals surface area contributed by atoms with Crippen molar-refractivity contribution >= 4 is 0 Å². The van der Waals surface area contributed by atoms with Crippen LogP contribution in [0.3, 0.4) is 0 Å². The smallest absolute Gasteiger partial charge is 0.0641 e. The lowest BCUT2D eigenvalue weighted by molar-refractivity contribution is 0.0728. The normalized spacial score (nSPS) is 23.5. The molecule has 1 aromatic carbocycles. The number of rotatable bonds is 3. The molecule has 0 N–H and O–H groups in total. The van der Waals surface area contributed by atoms with Gasteiger partial charge in [0.05, 0.1) is 12.5 Å². The summed E-state index contributed by atoms with van der Waals surface area (Å²) in [6.45, 7) is 5.41. The van der Waals surface area contributed by atoms with E-state index in [0.717, 1.165) is 19.6 Å². The van der Waals surface area contributed by atoms with Crippen molar-refractivity contribution in [2.75, 3.05) is 26.7 Å². The molecule has 1 aliphatic heterocycles. The Morgan fingerprint density at radius 3 is 2.67 bits per heavy atom. The van der Waals surface area contributed by atoms with Crippen molar-refractivity contribution in [2.24, 2.45) is 0 Å². The zero-order chi connectivity index (χ0) is 13.0. The first-order valence-corrected chi connectivity index (χ1v) is 6.58. The van der Waals surface area contributed by atoms with Gasteiger partial charge in [0.2, 0.25) is 0 Å². The summed E-state index contributed by atoms with van der Waals surface area (Å²) in [6, 6.07) is 13.5. The van der Waals surface area contributed by atoms with Crippen molar-refractivity contribution in [3.63, 3.8) is 0 Å². The maximum Gasteiger partial charge on any atom is 0.0641 e. The van der Waals surface area contributed by atoms with E-state index < -0.39 is 0 Å². The van der Waals surface area contributed by atoms with Gasteiger partial charge in [-0.2, -0.15) is 5.26 Å². The summed E-state index contributed by atoms with van der Waals surface area (Å²) in [5.74, 6) is 0. The SMILES string of the molecule is CC1CN(C(CC#N)c2ccccc2)CCN1C. The van der Waals surface area contributed by atoms with E-state index in [4.69, 9.17) is 5.26 Å². The molecule has 0 radical (unpaired) electrons. The molecular formula is C15H21N3. The Labute approximate surface area is 110 Å². The maximum atomic E-state index is 9.06. The van der Waals surface area contributed by atoms with Crippen LogP contribution < -0.4 is 0 Å². The van der Waals surface area contributed by atoms with E-state index >= 15 is 0 Å². The highest BCUT2D eigenvalue weighted by Gasteiger charge is 2.27. The van der Waals surface area contributed by atoms with Gasteiger partial charge >= 0.3 is 0 Å². The highest BCUT2D eigenvalue weighted by atomic mass is 15.3. The Bertz CT molecular complexity index is 409. The molecule has 0 aliphatic carbocycles. The van der Waals surface area contributed by atoms with Gasteiger partial charge in [0.25, 0.3) is 0 Å². The Morgan fingerprint density at radius 1 is 1.33 bits per heavy atom. The minimum Gasteiger partial charge on any atom is -0.301 e. The van der Waals surface area contributed by atoms with E-state index in [0.29, 0.717) is 12.5 Å². The van der Waals surface area contributed by atoms with Gasteiger partial charge in [-0.05, 0) is 19.5 Å². The summed E-state index contributed by atoms with van der Waals surface area (Å²) in [5, 5.41) is 9.06. The summed E-state index contributed by atoms with van der Waals surface area (Å²) in [6.07, 6.45) is 0.570. The average Bonchev–Trinajstić information content (AvgIpc) is 2.40. The fourth-order valence-electron chi connectivity index (χ4n) is 2.58. The van der Waals surface area contributed by atoms with Crippen molar-refractivity contribution in [1.82, 2.24) is 9.80 Å². The first-order chi connectivity index (χ1) is 8.72. The molecule has 0 saturated carbocycles. The van der Waals surface area contributed by atoms with Crippen LogP contribution in [0.5, 0.6) is 0 Å². The summed E-state index contributed by atoms with van der Waals surface area (Å²) in [7, 11) is 2.17. The zero-order valence-electron chi connectivity index (χ0n) is 11.2. The highest BCUT2D eigenvalue weighted by Crippen LogP contribution is 2.26.